The van der Waals surface area contributed by atoms with Gasteiger partial charge in [0.25, 0.3) is 0 Å². The van der Waals surface area contributed by atoms with Gasteiger partial charge in [0.05, 0.1) is 19.9 Å². The Bertz CT molecular complexity index is 959. The number of carbonyl (C=O) groups is 1. The van der Waals surface area contributed by atoms with Crippen molar-refractivity contribution in [3.8, 4) is 11.5 Å². The molecule has 7 heteroatoms. The van der Waals surface area contributed by atoms with Gasteiger partial charge in [-0.3, -0.25) is 4.79 Å². The number of methoxy groups -OCH3 is 2. The maximum atomic E-state index is 11.5. The minimum absolute atomic E-state index is 0.00816. The Labute approximate surface area is 157 Å². The molecule has 0 saturated carbocycles. The molecule has 3 aromatic rings. The molecule has 3 rings (SSSR count). The summed E-state index contributed by atoms with van der Waals surface area (Å²) in [6.07, 6.45) is 1.45. The van der Waals surface area contributed by atoms with E-state index in [9.17, 15) is 4.79 Å². The number of hydrogen-bond donors (Lipinski definition) is 2. The van der Waals surface area contributed by atoms with Crippen molar-refractivity contribution in [1.82, 2.24) is 9.97 Å². The fraction of sp³-hybridized carbons (Fsp3) is 0.150. The molecule has 2 aromatic carbocycles. The number of benzene rings is 2. The molecule has 1 heterocycles. The number of hydrogen-bond acceptors (Lipinski definition) is 7. The van der Waals surface area contributed by atoms with Crippen LogP contribution in [0.5, 0.6) is 11.5 Å². The highest BCUT2D eigenvalue weighted by Gasteiger charge is 2.08. The van der Waals surface area contributed by atoms with Crippen LogP contribution in [0.25, 0.3) is 0 Å². The van der Waals surface area contributed by atoms with E-state index in [4.69, 9.17) is 9.47 Å². The summed E-state index contributed by atoms with van der Waals surface area (Å²) in [4.78, 5) is 20.0. The van der Waals surface area contributed by atoms with Crippen molar-refractivity contribution >= 4 is 28.8 Å². The summed E-state index contributed by atoms with van der Waals surface area (Å²) in [5.41, 5.74) is 2.12. The Balaban J connectivity index is 1.82. The number of anilines is 4. The summed E-state index contributed by atoms with van der Waals surface area (Å²) < 4.78 is 10.6. The van der Waals surface area contributed by atoms with Crippen molar-refractivity contribution < 1.29 is 14.3 Å². The van der Waals surface area contributed by atoms with Crippen molar-refractivity contribution in [3.63, 3.8) is 0 Å². The number of Topliss-reactive ketones (excluding diaryl/α,β-unsaturated/α-hetero) is 1. The predicted molar refractivity (Wildman–Crippen MR) is 105 cm³/mol. The quantitative estimate of drug-likeness (QED) is 0.608. The smallest absolute Gasteiger partial charge is 0.159 e. The van der Waals surface area contributed by atoms with Crippen LogP contribution in [0.4, 0.5) is 23.0 Å². The molecule has 0 aliphatic carbocycles. The highest BCUT2D eigenvalue weighted by atomic mass is 16.5. The van der Waals surface area contributed by atoms with Gasteiger partial charge in [-0.25, -0.2) is 9.97 Å². The van der Waals surface area contributed by atoms with Crippen LogP contribution in [0.2, 0.25) is 0 Å². The first-order valence-electron chi connectivity index (χ1n) is 8.28. The zero-order chi connectivity index (χ0) is 19.2. The molecule has 0 unspecified atom stereocenters. The van der Waals surface area contributed by atoms with Crippen LogP contribution >= 0.6 is 0 Å². The van der Waals surface area contributed by atoms with Crippen LogP contribution in [-0.2, 0) is 0 Å². The summed E-state index contributed by atoms with van der Waals surface area (Å²) in [5, 5.41) is 6.38. The highest BCUT2D eigenvalue weighted by Crippen LogP contribution is 2.31. The predicted octanol–water partition coefficient (Wildman–Crippen LogP) is 4.18. The van der Waals surface area contributed by atoms with Gasteiger partial charge in [0.2, 0.25) is 0 Å². The molecule has 0 saturated heterocycles. The lowest BCUT2D eigenvalue weighted by molar-refractivity contribution is 0.101. The molecule has 0 aliphatic rings. The van der Waals surface area contributed by atoms with E-state index in [1.807, 2.05) is 30.3 Å². The van der Waals surface area contributed by atoms with Crippen LogP contribution in [-0.4, -0.2) is 30.0 Å². The lowest BCUT2D eigenvalue weighted by Gasteiger charge is -2.13. The second-order valence-electron chi connectivity index (χ2n) is 5.74. The lowest BCUT2D eigenvalue weighted by atomic mass is 10.1. The molecule has 2 N–H and O–H groups in total. The molecule has 138 valence electrons. The van der Waals surface area contributed by atoms with Crippen LogP contribution in [0.15, 0.2) is 54.9 Å². The van der Waals surface area contributed by atoms with E-state index in [1.54, 1.807) is 32.4 Å². The molecule has 0 aliphatic heterocycles. The summed E-state index contributed by atoms with van der Waals surface area (Å²) in [5.74, 6) is 2.55. The fourth-order valence-electron chi connectivity index (χ4n) is 2.51. The van der Waals surface area contributed by atoms with E-state index in [0.717, 1.165) is 11.4 Å². The largest absolute Gasteiger partial charge is 0.497 e. The van der Waals surface area contributed by atoms with Crippen LogP contribution in [0.3, 0.4) is 0 Å². The van der Waals surface area contributed by atoms with Gasteiger partial charge >= 0.3 is 0 Å². The second-order valence-corrected chi connectivity index (χ2v) is 5.74. The summed E-state index contributed by atoms with van der Waals surface area (Å²) in [7, 11) is 3.20. The van der Waals surface area contributed by atoms with E-state index >= 15 is 0 Å². The number of nitrogens with zero attached hydrogens (tertiary/aromatic N) is 2. The zero-order valence-corrected chi connectivity index (χ0v) is 15.3. The van der Waals surface area contributed by atoms with Crippen LogP contribution in [0.1, 0.15) is 17.3 Å². The van der Waals surface area contributed by atoms with Crippen LogP contribution in [0, 0.1) is 0 Å². The number of rotatable bonds is 7. The molecular weight excluding hydrogens is 344 g/mol. The van der Waals surface area contributed by atoms with Gasteiger partial charge < -0.3 is 20.1 Å². The molecule has 0 spiro atoms. The maximum Gasteiger partial charge on any atom is 0.159 e. The van der Waals surface area contributed by atoms with Gasteiger partial charge in [-0.15, -0.1) is 0 Å². The number of carbonyl (C=O) groups excluding carboxylic acids is 1. The van der Waals surface area contributed by atoms with E-state index in [1.165, 1.54) is 13.3 Å². The third kappa shape index (κ3) is 4.52. The van der Waals surface area contributed by atoms with Gasteiger partial charge in [-0.05, 0) is 31.2 Å². The van der Waals surface area contributed by atoms with Gasteiger partial charge in [0.1, 0.15) is 29.5 Å². The number of ketones is 1. The first-order valence-corrected chi connectivity index (χ1v) is 8.28. The molecule has 0 atom stereocenters. The van der Waals surface area contributed by atoms with E-state index in [-0.39, 0.29) is 5.78 Å². The van der Waals surface area contributed by atoms with Gasteiger partial charge in [0.15, 0.2) is 5.78 Å². The Morgan fingerprint density at radius 2 is 1.70 bits per heavy atom. The molecule has 27 heavy (non-hydrogen) atoms. The van der Waals surface area contributed by atoms with Gasteiger partial charge in [-0.1, -0.05) is 12.1 Å². The van der Waals surface area contributed by atoms with Gasteiger partial charge in [-0.2, -0.15) is 0 Å². The highest BCUT2D eigenvalue weighted by molar-refractivity contribution is 5.95. The van der Waals surface area contributed by atoms with Crippen molar-refractivity contribution in [2.45, 2.75) is 6.92 Å². The number of nitrogens with one attached hydrogen (secondary N) is 2. The van der Waals surface area contributed by atoms with E-state index < -0.39 is 0 Å². The van der Waals surface area contributed by atoms with Crippen molar-refractivity contribution in [1.29, 1.82) is 0 Å². The van der Waals surface area contributed by atoms with Gasteiger partial charge in [0, 0.05) is 23.4 Å². The van der Waals surface area contributed by atoms with Crippen molar-refractivity contribution in [3.05, 3.63) is 60.4 Å². The molecule has 1 aromatic heterocycles. The lowest BCUT2D eigenvalue weighted by Crippen LogP contribution is -2.01. The first kappa shape index (κ1) is 18.2. The molecule has 0 fully saturated rings. The molecule has 0 amide bonds. The third-order valence-electron chi connectivity index (χ3n) is 3.88. The molecule has 7 nitrogen and oxygen atoms in total. The summed E-state index contributed by atoms with van der Waals surface area (Å²) >= 11 is 0. The van der Waals surface area contributed by atoms with E-state index in [0.29, 0.717) is 28.7 Å². The minimum Gasteiger partial charge on any atom is -0.497 e. The Morgan fingerprint density at radius 1 is 0.926 bits per heavy atom. The third-order valence-corrected chi connectivity index (χ3v) is 3.88. The zero-order valence-electron chi connectivity index (χ0n) is 15.3. The topological polar surface area (TPSA) is 85.4 Å². The number of aromatic nitrogens is 2. The Morgan fingerprint density at radius 3 is 2.41 bits per heavy atom. The monoisotopic (exact) mass is 364 g/mol. The minimum atomic E-state index is 0.00816. The SMILES string of the molecule is COc1ccc(OC)c(Nc2cc(Nc3cccc(C(C)=O)c3)ncn2)c1. The maximum absolute atomic E-state index is 11.5. The Kier molecular flexibility index (Phi) is 5.51. The normalized spacial score (nSPS) is 10.2. The second kappa shape index (κ2) is 8.18. The molecule has 0 radical (unpaired) electrons. The average molecular weight is 364 g/mol. The summed E-state index contributed by atoms with van der Waals surface area (Å²) in [6, 6.07) is 14.5. The Hall–Kier alpha value is -3.61. The fourth-order valence-corrected chi connectivity index (χ4v) is 2.51. The average Bonchev–Trinajstić information content (AvgIpc) is 2.68. The molecular formula is C20H20N4O3. The van der Waals surface area contributed by atoms with E-state index in [2.05, 4.69) is 20.6 Å². The van der Waals surface area contributed by atoms with Crippen molar-refractivity contribution in [2.75, 3.05) is 24.9 Å². The molecule has 0 bridgehead atoms. The standard InChI is InChI=1S/C20H20N4O3/c1-13(25)14-5-4-6-15(9-14)23-19-11-20(22-12-21-19)24-17-10-16(26-2)7-8-18(17)27-3/h4-12H,1-3H3,(H2,21,22,23,24). The summed E-state index contributed by atoms with van der Waals surface area (Å²) in [6.45, 7) is 1.54. The van der Waals surface area contributed by atoms with Crippen molar-refractivity contribution in [2.24, 2.45) is 0 Å². The first-order chi connectivity index (χ1) is 13.1. The van der Waals surface area contributed by atoms with Crippen LogP contribution < -0.4 is 20.1 Å². The number of ether oxygens (including phenoxy) is 2.